The third-order valence-corrected chi connectivity index (χ3v) is 10.4. The minimum atomic E-state index is 0.596. The second-order valence-corrected chi connectivity index (χ2v) is 13.6. The van der Waals surface area contributed by atoms with Gasteiger partial charge in [0, 0.05) is 22.4 Å². The van der Waals surface area contributed by atoms with Crippen LogP contribution in [0.25, 0.3) is 46.1 Å². The molecule has 0 bridgehead atoms. The molecule has 2 aliphatic rings. The number of aryl methyl sites for hydroxylation is 2. The zero-order chi connectivity index (χ0) is 35.8. The van der Waals surface area contributed by atoms with E-state index in [9.17, 15) is 0 Å². The Morgan fingerprint density at radius 1 is 0.389 bits per heavy atom. The van der Waals surface area contributed by atoms with Crippen LogP contribution in [0.15, 0.2) is 176 Å². The van der Waals surface area contributed by atoms with Crippen LogP contribution in [0, 0.1) is 0 Å². The third kappa shape index (κ3) is 5.63. The second kappa shape index (κ2) is 13.5. The molecule has 5 heteroatoms. The molecule has 0 fully saturated rings. The molecule has 2 aliphatic heterocycles. The van der Waals surface area contributed by atoms with Crippen LogP contribution in [0.5, 0.6) is 0 Å². The standard InChI is InChI=1S/C49H35N5/c1-4-17-36(18-5-1)47-50-48(37-19-6-2-7-20-37)52-49(51-47)54-44-25-13-11-15-34(44)27-28-39-33-38(30-32-45(39)54)41-23-14-26-46-42(41)31-29-35-16-10-12-24-43(35)53(46)40-21-8-3-9-22-40/h1-26,29-33H,27-28H2. The van der Waals surface area contributed by atoms with Gasteiger partial charge in [0.2, 0.25) is 5.95 Å². The molecule has 0 unspecified atom stereocenters. The topological polar surface area (TPSA) is 45.2 Å². The van der Waals surface area contributed by atoms with Crippen LogP contribution >= 0.6 is 0 Å². The molecule has 54 heavy (non-hydrogen) atoms. The van der Waals surface area contributed by atoms with Crippen molar-refractivity contribution < 1.29 is 0 Å². The molecule has 256 valence electrons. The number of anilines is 6. The van der Waals surface area contributed by atoms with Gasteiger partial charge in [0.15, 0.2) is 11.6 Å². The van der Waals surface area contributed by atoms with Gasteiger partial charge in [-0.3, -0.25) is 4.90 Å². The maximum absolute atomic E-state index is 5.19. The first-order valence-corrected chi connectivity index (χ1v) is 18.4. The molecular weight excluding hydrogens is 659 g/mol. The van der Waals surface area contributed by atoms with Crippen molar-refractivity contribution in [2.45, 2.75) is 12.8 Å². The van der Waals surface area contributed by atoms with Crippen LogP contribution < -0.4 is 9.80 Å². The molecule has 0 amide bonds. The summed E-state index contributed by atoms with van der Waals surface area (Å²) in [4.78, 5) is 20.0. The third-order valence-electron chi connectivity index (χ3n) is 10.4. The summed E-state index contributed by atoms with van der Waals surface area (Å²) >= 11 is 0. The zero-order valence-corrected chi connectivity index (χ0v) is 29.5. The normalized spacial score (nSPS) is 12.9. The molecule has 5 nitrogen and oxygen atoms in total. The van der Waals surface area contributed by atoms with Gasteiger partial charge >= 0.3 is 0 Å². The number of fused-ring (bicyclic) bond motifs is 4. The Balaban J connectivity index is 1.14. The van der Waals surface area contributed by atoms with Crippen molar-refractivity contribution >= 4 is 46.5 Å². The summed E-state index contributed by atoms with van der Waals surface area (Å²) in [5, 5.41) is 0. The van der Waals surface area contributed by atoms with E-state index in [2.05, 4.69) is 161 Å². The van der Waals surface area contributed by atoms with Gasteiger partial charge < -0.3 is 4.90 Å². The van der Waals surface area contributed by atoms with Gasteiger partial charge in [0.1, 0.15) is 0 Å². The molecule has 8 aromatic rings. The molecule has 0 aliphatic carbocycles. The smallest absolute Gasteiger partial charge is 0.238 e. The van der Waals surface area contributed by atoms with Crippen molar-refractivity contribution in [3.63, 3.8) is 0 Å². The molecule has 1 aromatic heterocycles. The molecule has 0 saturated heterocycles. The predicted octanol–water partition coefficient (Wildman–Crippen LogP) is 12.4. The number of hydrogen-bond acceptors (Lipinski definition) is 5. The Kier molecular flexibility index (Phi) is 7.88. The SMILES string of the molecule is C1=Cc2c(-c3ccc4c(c3)CCc3ccccc3N4c3nc(-c4ccccc4)nc(-c4ccccc4)n3)cccc2N(c2ccccc2)c2ccccc21. The number of hydrogen-bond donors (Lipinski definition) is 0. The largest absolute Gasteiger partial charge is 0.309 e. The Bertz CT molecular complexity index is 2610. The highest BCUT2D eigenvalue weighted by atomic mass is 15.3. The Hall–Kier alpha value is -7.11. The summed E-state index contributed by atoms with van der Waals surface area (Å²) < 4.78 is 0. The van der Waals surface area contributed by atoms with Crippen LogP contribution in [0.2, 0.25) is 0 Å². The molecular formula is C49H35N5. The average molecular weight is 694 g/mol. The number of aromatic nitrogens is 3. The predicted molar refractivity (Wildman–Crippen MR) is 222 cm³/mol. The second-order valence-electron chi connectivity index (χ2n) is 13.6. The van der Waals surface area contributed by atoms with E-state index >= 15 is 0 Å². The molecule has 0 spiro atoms. The average Bonchev–Trinajstić information content (AvgIpc) is 3.52. The highest BCUT2D eigenvalue weighted by Gasteiger charge is 2.27. The highest BCUT2D eigenvalue weighted by molar-refractivity contribution is 5.98. The summed E-state index contributed by atoms with van der Waals surface area (Å²) in [5.74, 6) is 1.88. The molecule has 3 heterocycles. The lowest BCUT2D eigenvalue weighted by atomic mass is 9.94. The molecule has 0 saturated carbocycles. The van der Waals surface area contributed by atoms with Gasteiger partial charge in [-0.1, -0.05) is 146 Å². The molecule has 0 N–H and O–H groups in total. The first-order valence-electron chi connectivity index (χ1n) is 18.4. The Labute approximate surface area is 315 Å². The fourth-order valence-corrected chi connectivity index (χ4v) is 7.79. The highest BCUT2D eigenvalue weighted by Crippen LogP contribution is 2.47. The van der Waals surface area contributed by atoms with Crippen molar-refractivity contribution in [1.29, 1.82) is 0 Å². The summed E-state index contributed by atoms with van der Waals surface area (Å²) in [6.07, 6.45) is 6.31. The van der Waals surface area contributed by atoms with Crippen molar-refractivity contribution in [1.82, 2.24) is 15.0 Å². The lowest BCUT2D eigenvalue weighted by Gasteiger charge is -2.28. The van der Waals surface area contributed by atoms with Crippen molar-refractivity contribution in [2.24, 2.45) is 0 Å². The summed E-state index contributed by atoms with van der Waals surface area (Å²) in [6, 6.07) is 61.8. The van der Waals surface area contributed by atoms with Crippen LogP contribution in [0.4, 0.5) is 34.4 Å². The van der Waals surface area contributed by atoms with Gasteiger partial charge in [-0.15, -0.1) is 0 Å². The monoisotopic (exact) mass is 693 g/mol. The van der Waals surface area contributed by atoms with Gasteiger partial charge in [0.05, 0.1) is 22.7 Å². The minimum Gasteiger partial charge on any atom is -0.309 e. The van der Waals surface area contributed by atoms with E-state index in [1.807, 2.05) is 36.4 Å². The Morgan fingerprint density at radius 3 is 1.72 bits per heavy atom. The van der Waals surface area contributed by atoms with E-state index in [1.165, 1.54) is 33.4 Å². The maximum Gasteiger partial charge on any atom is 0.238 e. The van der Waals surface area contributed by atoms with Crippen LogP contribution in [0.3, 0.4) is 0 Å². The van der Waals surface area contributed by atoms with E-state index in [0.717, 1.165) is 52.4 Å². The quantitative estimate of drug-likeness (QED) is 0.180. The van der Waals surface area contributed by atoms with E-state index in [4.69, 9.17) is 15.0 Å². The van der Waals surface area contributed by atoms with Gasteiger partial charge in [-0.25, -0.2) is 4.98 Å². The number of nitrogens with zero attached hydrogens (tertiary/aromatic N) is 5. The minimum absolute atomic E-state index is 0.596. The molecule has 10 rings (SSSR count). The van der Waals surface area contributed by atoms with Crippen molar-refractivity contribution in [2.75, 3.05) is 9.80 Å². The lowest BCUT2D eigenvalue weighted by Crippen LogP contribution is -2.16. The summed E-state index contributed by atoms with van der Waals surface area (Å²) in [7, 11) is 0. The first-order chi connectivity index (χ1) is 26.8. The summed E-state index contributed by atoms with van der Waals surface area (Å²) in [6.45, 7) is 0. The fourth-order valence-electron chi connectivity index (χ4n) is 7.79. The molecule has 0 atom stereocenters. The van der Waals surface area contributed by atoms with Crippen molar-refractivity contribution in [3.8, 4) is 33.9 Å². The van der Waals surface area contributed by atoms with Crippen LogP contribution in [-0.2, 0) is 12.8 Å². The van der Waals surface area contributed by atoms with Gasteiger partial charge in [-0.05, 0) is 83.1 Å². The number of para-hydroxylation sites is 3. The van der Waals surface area contributed by atoms with Gasteiger partial charge in [0.25, 0.3) is 0 Å². The van der Waals surface area contributed by atoms with Gasteiger partial charge in [-0.2, -0.15) is 9.97 Å². The lowest BCUT2D eigenvalue weighted by molar-refractivity contribution is 0.978. The van der Waals surface area contributed by atoms with Crippen LogP contribution in [0.1, 0.15) is 22.3 Å². The van der Waals surface area contributed by atoms with E-state index in [1.54, 1.807) is 0 Å². The molecule has 0 radical (unpaired) electrons. The first kappa shape index (κ1) is 31.6. The number of rotatable bonds is 5. The summed E-state index contributed by atoms with van der Waals surface area (Å²) in [5.41, 5.74) is 14.7. The van der Waals surface area contributed by atoms with E-state index in [-0.39, 0.29) is 0 Å². The maximum atomic E-state index is 5.19. The van der Waals surface area contributed by atoms with Crippen LogP contribution in [-0.4, -0.2) is 15.0 Å². The fraction of sp³-hybridized carbons (Fsp3) is 0.0408. The number of benzene rings is 7. The van der Waals surface area contributed by atoms with E-state index in [0.29, 0.717) is 17.6 Å². The zero-order valence-electron chi connectivity index (χ0n) is 29.5. The Morgan fingerprint density at radius 2 is 0.981 bits per heavy atom. The van der Waals surface area contributed by atoms with E-state index < -0.39 is 0 Å². The molecule has 7 aromatic carbocycles. The van der Waals surface area contributed by atoms with Crippen molar-refractivity contribution in [3.05, 3.63) is 198 Å².